The Balaban J connectivity index is 1.53. The lowest BCUT2D eigenvalue weighted by molar-refractivity contribution is -0.131. The molecule has 0 radical (unpaired) electrons. The molecule has 1 saturated heterocycles. The van der Waals surface area contributed by atoms with Crippen LogP contribution in [0, 0.1) is 11.8 Å². The largest absolute Gasteiger partial charge is 0.302 e. The highest BCUT2D eigenvalue weighted by Gasteiger charge is 2.59. The monoisotopic (exact) mass is 331 g/mol. The Hall–Kier alpha value is -1.39. The Labute approximate surface area is 142 Å². The highest BCUT2D eigenvalue weighted by Crippen LogP contribution is 2.50. The minimum absolute atomic E-state index is 0.201. The number of benzene rings is 1. The number of halogens is 1. The SMILES string of the molecule is CC1=N[C@@]2(CC[C@@H]3CN(Cc4cccc(Cl)c4)C[C@@H]32)C(=O)N1C. The van der Waals surface area contributed by atoms with Crippen molar-refractivity contribution < 1.29 is 4.79 Å². The van der Waals surface area contributed by atoms with Crippen LogP contribution < -0.4 is 0 Å². The molecule has 0 aromatic heterocycles. The van der Waals surface area contributed by atoms with Crippen LogP contribution in [0.2, 0.25) is 5.02 Å². The van der Waals surface area contributed by atoms with Crippen molar-refractivity contribution in [3.63, 3.8) is 0 Å². The van der Waals surface area contributed by atoms with Gasteiger partial charge in [-0.1, -0.05) is 23.7 Å². The molecule has 1 aromatic carbocycles. The highest BCUT2D eigenvalue weighted by molar-refractivity contribution is 6.30. The molecule has 4 nitrogen and oxygen atoms in total. The van der Waals surface area contributed by atoms with E-state index in [4.69, 9.17) is 16.6 Å². The molecule has 1 spiro atoms. The maximum atomic E-state index is 12.8. The Kier molecular flexibility index (Phi) is 3.50. The molecule has 3 aliphatic rings. The summed E-state index contributed by atoms with van der Waals surface area (Å²) in [5.41, 5.74) is 0.758. The fraction of sp³-hybridized carbons (Fsp3) is 0.556. The molecule has 1 aromatic rings. The molecule has 23 heavy (non-hydrogen) atoms. The molecule has 0 bridgehead atoms. The summed E-state index contributed by atoms with van der Waals surface area (Å²) >= 11 is 6.09. The van der Waals surface area contributed by atoms with Gasteiger partial charge >= 0.3 is 0 Å². The Morgan fingerprint density at radius 2 is 2.22 bits per heavy atom. The van der Waals surface area contributed by atoms with Crippen LogP contribution in [0.25, 0.3) is 0 Å². The van der Waals surface area contributed by atoms with Crippen LogP contribution >= 0.6 is 11.6 Å². The number of likely N-dealkylation sites (N-methyl/N-ethyl adjacent to an activating group) is 1. The van der Waals surface area contributed by atoms with Crippen LogP contribution in [0.4, 0.5) is 0 Å². The number of amidine groups is 1. The quantitative estimate of drug-likeness (QED) is 0.835. The van der Waals surface area contributed by atoms with Gasteiger partial charge in [0.15, 0.2) is 0 Å². The van der Waals surface area contributed by atoms with E-state index in [9.17, 15) is 4.79 Å². The average Bonchev–Trinajstić information content (AvgIpc) is 3.11. The third kappa shape index (κ3) is 2.31. The maximum Gasteiger partial charge on any atom is 0.255 e. The van der Waals surface area contributed by atoms with Crippen molar-refractivity contribution in [1.29, 1.82) is 0 Å². The first-order chi connectivity index (χ1) is 11.0. The molecule has 1 saturated carbocycles. The number of carbonyl (C=O) groups excluding carboxylic acids is 1. The second-order valence-electron chi connectivity index (χ2n) is 7.18. The van der Waals surface area contributed by atoms with Gasteiger partial charge in [-0.15, -0.1) is 0 Å². The molecule has 2 heterocycles. The van der Waals surface area contributed by atoms with Crippen LogP contribution in [0.5, 0.6) is 0 Å². The standard InChI is InChI=1S/C18H22ClN3O/c1-12-20-18(17(23)21(12)2)7-6-14-10-22(11-16(14)18)9-13-4-3-5-15(19)8-13/h3-5,8,14,16H,6-7,9-11H2,1-2H3/t14-,16+,18-/m1/s1. The van der Waals surface area contributed by atoms with Crippen LogP contribution in [-0.2, 0) is 11.3 Å². The van der Waals surface area contributed by atoms with E-state index in [1.807, 2.05) is 32.2 Å². The average molecular weight is 332 g/mol. The van der Waals surface area contributed by atoms with Gasteiger partial charge in [-0.3, -0.25) is 14.7 Å². The van der Waals surface area contributed by atoms with E-state index in [1.54, 1.807) is 4.90 Å². The predicted octanol–water partition coefficient (Wildman–Crippen LogP) is 2.81. The van der Waals surface area contributed by atoms with E-state index in [2.05, 4.69) is 11.0 Å². The van der Waals surface area contributed by atoms with E-state index in [1.165, 1.54) is 5.56 Å². The Morgan fingerprint density at radius 3 is 2.91 bits per heavy atom. The second kappa shape index (κ2) is 5.32. The number of rotatable bonds is 2. The molecule has 2 fully saturated rings. The lowest BCUT2D eigenvalue weighted by Crippen LogP contribution is -2.45. The molecule has 1 aliphatic carbocycles. The van der Waals surface area contributed by atoms with Gasteiger partial charge in [-0.2, -0.15) is 0 Å². The smallest absolute Gasteiger partial charge is 0.255 e. The Bertz CT molecular complexity index is 689. The summed E-state index contributed by atoms with van der Waals surface area (Å²) in [6, 6.07) is 8.05. The number of likely N-dealkylation sites (tertiary alicyclic amines) is 1. The molecule has 4 rings (SSSR count). The summed E-state index contributed by atoms with van der Waals surface area (Å²) < 4.78 is 0. The van der Waals surface area contributed by atoms with Crippen LogP contribution in [-0.4, -0.2) is 47.2 Å². The first-order valence-electron chi connectivity index (χ1n) is 8.31. The molecule has 0 N–H and O–H groups in total. The van der Waals surface area contributed by atoms with Crippen molar-refractivity contribution in [1.82, 2.24) is 9.80 Å². The summed E-state index contributed by atoms with van der Waals surface area (Å²) in [4.78, 5) is 21.8. The number of aliphatic imine (C=N–C) groups is 1. The molecule has 3 atom stereocenters. The molecule has 5 heteroatoms. The number of carbonyl (C=O) groups is 1. The summed E-state index contributed by atoms with van der Waals surface area (Å²) in [6.07, 6.45) is 2.01. The minimum atomic E-state index is -0.480. The molecular weight excluding hydrogens is 310 g/mol. The number of nitrogens with zero attached hydrogens (tertiary/aromatic N) is 3. The summed E-state index contributed by atoms with van der Waals surface area (Å²) in [5, 5.41) is 0.784. The van der Waals surface area contributed by atoms with Crippen molar-refractivity contribution in [3.05, 3.63) is 34.9 Å². The van der Waals surface area contributed by atoms with Crippen molar-refractivity contribution in [2.75, 3.05) is 20.1 Å². The normalized spacial score (nSPS) is 33.6. The van der Waals surface area contributed by atoms with Gasteiger partial charge in [-0.25, -0.2) is 0 Å². The number of hydrogen-bond acceptors (Lipinski definition) is 3. The molecule has 122 valence electrons. The maximum absolute atomic E-state index is 12.8. The molecular formula is C18H22ClN3O. The van der Waals surface area contributed by atoms with Gasteiger partial charge in [0.05, 0.1) is 0 Å². The lowest BCUT2D eigenvalue weighted by atomic mass is 9.85. The first-order valence-corrected chi connectivity index (χ1v) is 8.69. The molecule has 2 aliphatic heterocycles. The van der Waals surface area contributed by atoms with Crippen molar-refractivity contribution in [2.45, 2.75) is 31.8 Å². The predicted molar refractivity (Wildman–Crippen MR) is 91.6 cm³/mol. The van der Waals surface area contributed by atoms with Crippen LogP contribution in [0.1, 0.15) is 25.3 Å². The van der Waals surface area contributed by atoms with E-state index < -0.39 is 5.54 Å². The molecule has 0 unspecified atom stereocenters. The lowest BCUT2D eigenvalue weighted by Gasteiger charge is -2.27. The Morgan fingerprint density at radius 1 is 1.39 bits per heavy atom. The van der Waals surface area contributed by atoms with E-state index in [0.717, 1.165) is 43.3 Å². The van der Waals surface area contributed by atoms with Crippen molar-refractivity contribution >= 4 is 23.3 Å². The van der Waals surface area contributed by atoms with Crippen LogP contribution in [0.3, 0.4) is 0 Å². The number of amides is 1. The second-order valence-corrected chi connectivity index (χ2v) is 7.61. The van der Waals surface area contributed by atoms with Crippen molar-refractivity contribution in [2.24, 2.45) is 16.8 Å². The van der Waals surface area contributed by atoms with E-state index in [-0.39, 0.29) is 5.91 Å². The van der Waals surface area contributed by atoms with Crippen molar-refractivity contribution in [3.8, 4) is 0 Å². The van der Waals surface area contributed by atoms with E-state index >= 15 is 0 Å². The number of hydrogen-bond donors (Lipinski definition) is 0. The van der Waals surface area contributed by atoms with Gasteiger partial charge in [0.1, 0.15) is 11.4 Å². The third-order valence-corrected chi connectivity index (χ3v) is 6.08. The summed E-state index contributed by atoms with van der Waals surface area (Å²) in [6.45, 7) is 4.85. The van der Waals surface area contributed by atoms with E-state index in [0.29, 0.717) is 11.8 Å². The topological polar surface area (TPSA) is 35.9 Å². The van der Waals surface area contributed by atoms with Gasteiger partial charge < -0.3 is 4.90 Å². The van der Waals surface area contributed by atoms with Gasteiger partial charge in [0.2, 0.25) is 0 Å². The zero-order valence-corrected chi connectivity index (χ0v) is 14.4. The third-order valence-electron chi connectivity index (χ3n) is 5.84. The first kappa shape index (κ1) is 15.2. The summed E-state index contributed by atoms with van der Waals surface area (Å²) in [7, 11) is 1.85. The fourth-order valence-corrected chi connectivity index (χ4v) is 4.87. The number of fused-ring (bicyclic) bond motifs is 2. The van der Waals surface area contributed by atoms with Gasteiger partial charge in [0, 0.05) is 37.6 Å². The zero-order valence-electron chi connectivity index (χ0n) is 13.6. The minimum Gasteiger partial charge on any atom is -0.302 e. The zero-order chi connectivity index (χ0) is 16.2. The van der Waals surface area contributed by atoms with Gasteiger partial charge in [0.25, 0.3) is 5.91 Å². The fourth-order valence-electron chi connectivity index (χ4n) is 4.66. The summed E-state index contributed by atoms with van der Waals surface area (Å²) in [5.74, 6) is 2.01. The van der Waals surface area contributed by atoms with Gasteiger partial charge in [-0.05, 0) is 43.4 Å². The highest BCUT2D eigenvalue weighted by atomic mass is 35.5. The molecule has 1 amide bonds. The van der Waals surface area contributed by atoms with Crippen LogP contribution in [0.15, 0.2) is 29.3 Å².